The third-order valence-electron chi connectivity index (χ3n) is 10.4. The van der Waals surface area contributed by atoms with Crippen molar-refractivity contribution in [1.82, 2.24) is 9.80 Å². The zero-order chi connectivity index (χ0) is 27.0. The van der Waals surface area contributed by atoms with E-state index in [1.807, 2.05) is 0 Å². The molecule has 0 aromatic heterocycles. The highest BCUT2D eigenvalue weighted by Gasteiger charge is 2.79. The first-order chi connectivity index (χ1) is 18.3. The van der Waals surface area contributed by atoms with E-state index in [-0.39, 0.29) is 23.7 Å². The lowest BCUT2D eigenvalue weighted by Crippen LogP contribution is -2.67. The van der Waals surface area contributed by atoms with Crippen LogP contribution in [0.1, 0.15) is 38.5 Å². The van der Waals surface area contributed by atoms with Gasteiger partial charge in [0.05, 0.1) is 61.8 Å². The molecule has 0 aromatic carbocycles. The Morgan fingerprint density at radius 3 is 1.26 bits per heavy atom. The molecule has 4 unspecified atom stereocenters. The minimum Gasteiger partial charge on any atom is -0.466 e. The predicted octanol–water partition coefficient (Wildman–Crippen LogP) is 1.24. The summed E-state index contributed by atoms with van der Waals surface area (Å²) in [4.78, 5) is 57.6. The SMILES string of the molecule is COC(=O)C1=C(C(=O)OC)C2(N3CCCC3)CC3CC4(N5CCCC5)C(C(=O)OC)=C(C(=O)OC)C4C3C12. The molecule has 0 radical (unpaired) electrons. The number of esters is 4. The first kappa shape index (κ1) is 25.6. The second-order valence-corrected chi connectivity index (χ2v) is 11.5. The highest BCUT2D eigenvalue weighted by Crippen LogP contribution is 2.75. The van der Waals surface area contributed by atoms with Crippen LogP contribution >= 0.6 is 0 Å². The summed E-state index contributed by atoms with van der Waals surface area (Å²) in [6.45, 7) is 3.33. The summed E-state index contributed by atoms with van der Waals surface area (Å²) >= 11 is 0. The van der Waals surface area contributed by atoms with Crippen LogP contribution in [0.25, 0.3) is 0 Å². The lowest BCUT2D eigenvalue weighted by molar-refractivity contribution is -0.147. The lowest BCUT2D eigenvalue weighted by atomic mass is 9.52. The molecule has 2 aliphatic heterocycles. The Hall–Kier alpha value is -2.72. The average molecular weight is 529 g/mol. The van der Waals surface area contributed by atoms with Crippen LogP contribution in [-0.4, -0.2) is 99.4 Å². The van der Waals surface area contributed by atoms with Gasteiger partial charge in [0, 0.05) is 11.8 Å². The van der Waals surface area contributed by atoms with Gasteiger partial charge in [0.1, 0.15) is 0 Å². The summed E-state index contributed by atoms with van der Waals surface area (Å²) < 4.78 is 20.8. The normalized spacial score (nSPS) is 37.7. The fourth-order valence-corrected chi connectivity index (χ4v) is 9.43. The number of carbonyl (C=O) groups excluding carboxylic acids is 4. The van der Waals surface area contributed by atoms with Gasteiger partial charge < -0.3 is 18.9 Å². The number of carbonyl (C=O) groups is 4. The van der Waals surface area contributed by atoms with Crippen LogP contribution in [0, 0.1) is 23.7 Å². The zero-order valence-electron chi connectivity index (χ0n) is 22.5. The molecule has 0 amide bonds. The molecule has 2 saturated carbocycles. The Bertz CT molecular complexity index is 1080. The highest BCUT2D eigenvalue weighted by atomic mass is 16.5. The van der Waals surface area contributed by atoms with Crippen molar-refractivity contribution in [2.24, 2.45) is 23.7 Å². The van der Waals surface area contributed by atoms with Gasteiger partial charge in [0.25, 0.3) is 0 Å². The van der Waals surface area contributed by atoms with Gasteiger partial charge in [-0.25, -0.2) is 19.2 Å². The Morgan fingerprint density at radius 2 is 0.947 bits per heavy atom. The van der Waals surface area contributed by atoms with E-state index in [0.29, 0.717) is 35.1 Å². The third-order valence-corrected chi connectivity index (χ3v) is 10.4. The molecule has 206 valence electrons. The van der Waals surface area contributed by atoms with Gasteiger partial charge in [0.15, 0.2) is 0 Å². The summed E-state index contributed by atoms with van der Waals surface area (Å²) in [5.41, 5.74) is 0.287. The van der Waals surface area contributed by atoms with Gasteiger partial charge in [0.2, 0.25) is 0 Å². The van der Waals surface area contributed by atoms with Crippen molar-refractivity contribution in [2.75, 3.05) is 54.6 Å². The Labute approximate surface area is 222 Å². The van der Waals surface area contributed by atoms with Crippen LogP contribution in [0.3, 0.4) is 0 Å². The molecule has 4 fully saturated rings. The second kappa shape index (κ2) is 8.91. The fourth-order valence-electron chi connectivity index (χ4n) is 9.43. The molecule has 6 rings (SSSR count). The van der Waals surface area contributed by atoms with Crippen LogP contribution < -0.4 is 0 Å². The Kier molecular flexibility index (Phi) is 5.99. The maximum absolute atomic E-state index is 13.3. The molecule has 0 bridgehead atoms. The number of methoxy groups -OCH3 is 4. The van der Waals surface area contributed by atoms with E-state index in [4.69, 9.17) is 18.9 Å². The van der Waals surface area contributed by atoms with E-state index in [1.54, 1.807) is 0 Å². The van der Waals surface area contributed by atoms with Crippen LogP contribution in [-0.2, 0) is 38.1 Å². The van der Waals surface area contributed by atoms with Gasteiger partial charge in [-0.2, -0.15) is 0 Å². The van der Waals surface area contributed by atoms with E-state index in [1.165, 1.54) is 28.4 Å². The van der Waals surface area contributed by atoms with Crippen molar-refractivity contribution in [3.05, 3.63) is 22.3 Å². The number of nitrogens with zero attached hydrogens (tertiary/aromatic N) is 2. The Morgan fingerprint density at radius 1 is 0.605 bits per heavy atom. The van der Waals surface area contributed by atoms with Crippen LogP contribution in [0.5, 0.6) is 0 Å². The van der Waals surface area contributed by atoms with Gasteiger partial charge in [-0.05, 0) is 76.5 Å². The zero-order valence-corrected chi connectivity index (χ0v) is 22.5. The lowest BCUT2D eigenvalue weighted by Gasteiger charge is -2.58. The van der Waals surface area contributed by atoms with Gasteiger partial charge >= 0.3 is 23.9 Å². The number of fused-ring (bicyclic) bond motifs is 5. The number of rotatable bonds is 6. The third kappa shape index (κ3) is 2.90. The number of hydrogen-bond donors (Lipinski definition) is 0. The van der Waals surface area contributed by atoms with Crippen molar-refractivity contribution < 1.29 is 38.1 Å². The summed E-state index contributed by atoms with van der Waals surface area (Å²) in [6, 6.07) is 0. The van der Waals surface area contributed by atoms with Crippen LogP contribution in [0.4, 0.5) is 0 Å². The van der Waals surface area contributed by atoms with E-state index in [2.05, 4.69) is 9.80 Å². The molecular weight excluding hydrogens is 492 g/mol. The van der Waals surface area contributed by atoms with Gasteiger partial charge in [-0.1, -0.05) is 0 Å². The maximum Gasteiger partial charge on any atom is 0.336 e. The molecule has 38 heavy (non-hydrogen) atoms. The smallest absolute Gasteiger partial charge is 0.336 e. The molecule has 0 spiro atoms. The minimum atomic E-state index is -0.637. The van der Waals surface area contributed by atoms with Crippen LogP contribution in [0.2, 0.25) is 0 Å². The predicted molar refractivity (Wildman–Crippen MR) is 132 cm³/mol. The minimum absolute atomic E-state index is 0.0785. The number of likely N-dealkylation sites (tertiary alicyclic amines) is 2. The van der Waals surface area contributed by atoms with Crippen molar-refractivity contribution in [3.63, 3.8) is 0 Å². The molecule has 0 N–H and O–H groups in total. The van der Waals surface area contributed by atoms with Crippen LogP contribution in [0.15, 0.2) is 22.3 Å². The number of hydrogen-bond acceptors (Lipinski definition) is 10. The van der Waals surface area contributed by atoms with E-state index in [0.717, 1.165) is 51.9 Å². The average Bonchev–Trinajstić information content (AvgIpc) is 3.70. The van der Waals surface area contributed by atoms with E-state index in [9.17, 15) is 19.2 Å². The summed E-state index contributed by atoms with van der Waals surface area (Å²) in [5.74, 6) is -2.70. The monoisotopic (exact) mass is 528 g/mol. The van der Waals surface area contributed by atoms with Gasteiger partial charge in [-0.15, -0.1) is 0 Å². The van der Waals surface area contributed by atoms with E-state index >= 15 is 0 Å². The first-order valence-electron chi connectivity index (χ1n) is 13.7. The quantitative estimate of drug-likeness (QED) is 0.369. The topological polar surface area (TPSA) is 112 Å². The Balaban J connectivity index is 1.54. The van der Waals surface area contributed by atoms with Crippen molar-refractivity contribution in [1.29, 1.82) is 0 Å². The molecule has 10 nitrogen and oxygen atoms in total. The molecule has 4 atom stereocenters. The molecule has 0 aromatic rings. The summed E-state index contributed by atoms with van der Waals surface area (Å²) in [5, 5.41) is 0. The van der Waals surface area contributed by atoms with Crippen molar-refractivity contribution >= 4 is 23.9 Å². The molecule has 4 aliphatic carbocycles. The molecule has 10 heteroatoms. The van der Waals surface area contributed by atoms with Gasteiger partial charge in [-0.3, -0.25) is 9.80 Å². The maximum atomic E-state index is 13.3. The van der Waals surface area contributed by atoms with E-state index < -0.39 is 35.0 Å². The highest BCUT2D eigenvalue weighted by molar-refractivity contribution is 6.09. The summed E-state index contributed by atoms with van der Waals surface area (Å²) in [7, 11) is 5.34. The van der Waals surface area contributed by atoms with Crippen molar-refractivity contribution in [2.45, 2.75) is 49.6 Å². The first-order valence-corrected chi connectivity index (χ1v) is 13.7. The molecule has 6 aliphatic rings. The second-order valence-electron chi connectivity index (χ2n) is 11.5. The molecule has 2 heterocycles. The molecular formula is C28H36N2O8. The van der Waals surface area contributed by atoms with Crippen molar-refractivity contribution in [3.8, 4) is 0 Å². The fraction of sp³-hybridized carbons (Fsp3) is 0.714. The summed E-state index contributed by atoms with van der Waals surface area (Å²) in [6.07, 6.45) is 5.42. The molecule has 2 saturated heterocycles. The largest absolute Gasteiger partial charge is 0.466 e. The standard InChI is InChI=1S/C28H36N2O8/c1-35-23(31)17-19-16-15(13-27(19,21(17)25(33)37-3)29-9-5-6-10-29)14-28(30-11-7-8-12-30)20(16)18(24(32)36-2)22(28)26(34)38-4/h15-16,19-20H,5-14H2,1-4H3. The number of ether oxygens (including phenoxy) is 4.